The Balaban J connectivity index is 2.47. The fourth-order valence-corrected chi connectivity index (χ4v) is 4.06. The van der Waals surface area contributed by atoms with E-state index < -0.39 is 40.7 Å². The normalized spacial score (nSPS) is 10.6. The number of carbonyl (C=O) groups excluding carboxylic acids is 1. The lowest BCUT2D eigenvalue weighted by molar-refractivity contribution is 0.0689. The number of carboxylic acid groups (broad SMARTS) is 1. The number of hydrogen-bond acceptors (Lipinski definition) is 3. The topological polar surface area (TPSA) is 63.6 Å². The van der Waals surface area contributed by atoms with E-state index in [0.717, 1.165) is 3.57 Å². The first kappa shape index (κ1) is 19.7. The van der Waals surface area contributed by atoms with E-state index >= 15 is 0 Å². The largest absolute Gasteiger partial charge is 0.478 e. The van der Waals surface area contributed by atoms with Crippen LogP contribution in [0.5, 0.6) is 5.75 Å². The minimum atomic E-state index is -1.88. The number of benzene rings is 2. The number of rotatable bonds is 3. The van der Waals surface area contributed by atoms with Crippen LogP contribution in [-0.2, 0) is 0 Å². The minimum absolute atomic E-state index is 0.0495. The van der Waals surface area contributed by atoms with Crippen LogP contribution in [0, 0.1) is 28.2 Å². The maximum absolute atomic E-state index is 13.9. The Morgan fingerprint density at radius 2 is 1.58 bits per heavy atom. The Kier molecular flexibility index (Phi) is 6.33. The average Bonchev–Trinajstić information content (AvgIpc) is 2.50. The molecule has 0 fully saturated rings. The van der Waals surface area contributed by atoms with Crippen LogP contribution in [0.2, 0.25) is 0 Å². The summed E-state index contributed by atoms with van der Waals surface area (Å²) >= 11 is 5.80. The fraction of sp³-hybridized carbons (Fsp3) is 0. The van der Waals surface area contributed by atoms with Gasteiger partial charge in [0.15, 0.2) is 11.6 Å². The summed E-state index contributed by atoms with van der Waals surface area (Å²) in [7, 11) is 0. The van der Waals surface area contributed by atoms with Crippen LogP contribution in [-0.4, -0.2) is 17.0 Å². The molecule has 0 bridgehead atoms. The number of carbonyl (C=O) groups is 2. The third kappa shape index (κ3) is 3.95. The highest BCUT2D eigenvalue weighted by atomic mass is 127. The fourth-order valence-electron chi connectivity index (χ4n) is 1.68. The Hall–Kier alpha value is -0.640. The number of halogens is 6. The second kappa shape index (κ2) is 7.72. The molecule has 0 aliphatic rings. The van der Waals surface area contributed by atoms with Crippen molar-refractivity contribution in [3.05, 3.63) is 57.5 Å². The van der Waals surface area contributed by atoms with Crippen molar-refractivity contribution in [2.24, 2.45) is 0 Å². The zero-order valence-corrected chi connectivity index (χ0v) is 17.6. The summed E-state index contributed by atoms with van der Waals surface area (Å²) in [5.41, 5.74) is -1.14. The van der Waals surface area contributed by atoms with Gasteiger partial charge >= 0.3 is 11.9 Å². The van der Waals surface area contributed by atoms with Crippen LogP contribution in [0.4, 0.5) is 13.2 Å². The Labute approximate surface area is 174 Å². The lowest BCUT2D eigenvalue weighted by Crippen LogP contribution is -2.15. The number of esters is 1. The van der Waals surface area contributed by atoms with Gasteiger partial charge in [-0.05, 0) is 86.0 Å². The predicted octanol–water partition coefficient (Wildman–Crippen LogP) is 4.84. The van der Waals surface area contributed by atoms with Gasteiger partial charge in [-0.15, -0.1) is 0 Å². The Morgan fingerprint density at radius 3 is 2.17 bits per heavy atom. The molecular weight excluding hydrogens is 670 g/mol. The van der Waals surface area contributed by atoms with Crippen molar-refractivity contribution >= 4 is 79.7 Å². The first-order valence-electron chi connectivity index (χ1n) is 5.91. The molecule has 126 valence electrons. The lowest BCUT2D eigenvalue weighted by Gasteiger charge is -2.11. The summed E-state index contributed by atoms with van der Waals surface area (Å²) in [5.74, 6) is -9.39. The van der Waals surface area contributed by atoms with E-state index in [1.165, 1.54) is 6.07 Å². The van der Waals surface area contributed by atoms with Crippen molar-refractivity contribution in [1.82, 2.24) is 0 Å². The standard InChI is InChI=1S/C14H4F3I3O4/c15-7-3-5(13(21)22)9(16)10(17)12(7)24-14(23)6-1-4(18)2-8(19)11(6)20/h1-3H,(H,21,22). The second-order valence-electron chi connectivity index (χ2n) is 4.31. The van der Waals surface area contributed by atoms with Gasteiger partial charge in [-0.3, -0.25) is 0 Å². The molecule has 2 rings (SSSR count). The molecule has 2 aromatic carbocycles. The van der Waals surface area contributed by atoms with E-state index in [9.17, 15) is 22.8 Å². The summed E-state index contributed by atoms with van der Waals surface area (Å²) in [6.45, 7) is 0. The van der Waals surface area contributed by atoms with Crippen LogP contribution in [0.1, 0.15) is 20.7 Å². The average molecular weight is 674 g/mol. The zero-order chi connectivity index (χ0) is 18.2. The van der Waals surface area contributed by atoms with Crippen molar-refractivity contribution in [3.8, 4) is 5.75 Å². The molecule has 4 nitrogen and oxygen atoms in total. The van der Waals surface area contributed by atoms with Crippen molar-refractivity contribution in [1.29, 1.82) is 0 Å². The van der Waals surface area contributed by atoms with Crippen molar-refractivity contribution in [2.75, 3.05) is 0 Å². The molecule has 0 spiro atoms. The van der Waals surface area contributed by atoms with Crippen LogP contribution in [0.25, 0.3) is 0 Å². The molecule has 0 amide bonds. The number of hydrogen-bond donors (Lipinski definition) is 1. The number of ether oxygens (including phenoxy) is 1. The van der Waals surface area contributed by atoms with Gasteiger partial charge in [0.1, 0.15) is 5.56 Å². The second-order valence-corrected chi connectivity index (χ2v) is 7.79. The van der Waals surface area contributed by atoms with Crippen molar-refractivity contribution in [3.63, 3.8) is 0 Å². The minimum Gasteiger partial charge on any atom is -0.478 e. The molecule has 0 heterocycles. The predicted molar refractivity (Wildman–Crippen MR) is 103 cm³/mol. The van der Waals surface area contributed by atoms with Gasteiger partial charge in [0, 0.05) is 10.7 Å². The molecule has 24 heavy (non-hydrogen) atoms. The molecule has 1 N–H and O–H groups in total. The quantitative estimate of drug-likeness (QED) is 0.220. The molecule has 0 saturated carbocycles. The summed E-state index contributed by atoms with van der Waals surface area (Å²) in [6.07, 6.45) is 0. The Bertz CT molecular complexity index is 871. The highest BCUT2D eigenvalue weighted by Crippen LogP contribution is 2.29. The van der Waals surface area contributed by atoms with Crippen molar-refractivity contribution < 1.29 is 32.6 Å². The summed E-state index contributed by atoms with van der Waals surface area (Å²) in [5, 5.41) is 8.68. The molecule has 0 aliphatic heterocycles. The SMILES string of the molecule is O=C(O)c1cc(F)c(OC(=O)c2cc(I)cc(I)c2I)c(F)c1F. The van der Waals surface area contributed by atoms with E-state index in [0.29, 0.717) is 7.14 Å². The van der Waals surface area contributed by atoms with Gasteiger partial charge in [0.05, 0.1) is 5.56 Å². The number of carboxylic acids is 1. The molecule has 0 radical (unpaired) electrons. The zero-order valence-electron chi connectivity index (χ0n) is 11.2. The summed E-state index contributed by atoms with van der Waals surface area (Å²) in [6, 6.07) is 3.49. The van der Waals surface area contributed by atoms with Crippen LogP contribution in [0.15, 0.2) is 18.2 Å². The van der Waals surface area contributed by atoms with Gasteiger partial charge in [0.2, 0.25) is 11.6 Å². The molecule has 0 saturated heterocycles. The molecular formula is C14H4F3I3O4. The Morgan fingerprint density at radius 1 is 0.958 bits per heavy atom. The summed E-state index contributed by atoms with van der Waals surface area (Å²) < 4.78 is 47.9. The maximum Gasteiger partial charge on any atom is 0.344 e. The highest BCUT2D eigenvalue weighted by molar-refractivity contribution is 14.1. The highest BCUT2D eigenvalue weighted by Gasteiger charge is 2.26. The van der Waals surface area contributed by atoms with Crippen LogP contribution >= 0.6 is 67.8 Å². The van der Waals surface area contributed by atoms with Gasteiger partial charge in [-0.1, -0.05) is 0 Å². The molecule has 2 aromatic rings. The molecule has 0 aliphatic carbocycles. The smallest absolute Gasteiger partial charge is 0.344 e. The molecule has 0 aromatic heterocycles. The molecule has 0 atom stereocenters. The van der Waals surface area contributed by atoms with Gasteiger partial charge < -0.3 is 9.84 Å². The van der Waals surface area contributed by atoms with Gasteiger partial charge in [-0.2, -0.15) is 4.39 Å². The molecule has 10 heteroatoms. The van der Waals surface area contributed by atoms with Crippen molar-refractivity contribution in [2.45, 2.75) is 0 Å². The van der Waals surface area contributed by atoms with Crippen LogP contribution < -0.4 is 4.74 Å². The lowest BCUT2D eigenvalue weighted by atomic mass is 10.2. The third-order valence-corrected chi connectivity index (χ3v) is 6.42. The van der Waals surface area contributed by atoms with E-state index in [2.05, 4.69) is 4.74 Å². The molecule has 0 unspecified atom stereocenters. The first-order chi connectivity index (χ1) is 11.1. The summed E-state index contributed by atoms with van der Waals surface area (Å²) in [4.78, 5) is 22.9. The van der Waals surface area contributed by atoms with Gasteiger partial charge in [0.25, 0.3) is 0 Å². The van der Waals surface area contributed by atoms with E-state index in [1.54, 1.807) is 6.07 Å². The first-order valence-corrected chi connectivity index (χ1v) is 9.14. The van der Waals surface area contributed by atoms with E-state index in [4.69, 9.17) is 5.11 Å². The van der Waals surface area contributed by atoms with Crippen LogP contribution in [0.3, 0.4) is 0 Å². The third-order valence-electron chi connectivity index (χ3n) is 2.75. The monoisotopic (exact) mass is 674 g/mol. The van der Waals surface area contributed by atoms with Gasteiger partial charge in [-0.25, -0.2) is 18.4 Å². The maximum atomic E-state index is 13.9. The van der Waals surface area contributed by atoms with E-state index in [1.807, 2.05) is 67.8 Å². The van der Waals surface area contributed by atoms with E-state index in [-0.39, 0.29) is 11.6 Å². The number of aromatic carboxylic acids is 1.